The Kier molecular flexibility index (Phi) is 3.80. The molecule has 0 saturated carbocycles. The van der Waals surface area contributed by atoms with Gasteiger partial charge in [-0.3, -0.25) is 0 Å². The van der Waals surface area contributed by atoms with Crippen molar-refractivity contribution < 1.29 is 35.3 Å². The van der Waals surface area contributed by atoms with E-state index in [0.717, 1.165) is 0 Å². The molecule has 20 heavy (non-hydrogen) atoms. The molecule has 0 radical (unpaired) electrons. The summed E-state index contributed by atoms with van der Waals surface area (Å²) >= 11 is 3.23. The van der Waals surface area contributed by atoms with Gasteiger partial charge in [0.1, 0.15) is 0 Å². The van der Waals surface area contributed by atoms with Crippen molar-refractivity contribution in [2.24, 2.45) is 0 Å². The van der Waals surface area contributed by atoms with Gasteiger partial charge in [0.25, 0.3) is 0 Å². The molecule has 2 aromatic rings. The molecule has 6 heteroatoms. The van der Waals surface area contributed by atoms with E-state index in [1.54, 1.807) is 12.1 Å². The van der Waals surface area contributed by atoms with Crippen LogP contribution in [0.2, 0.25) is 0 Å². The molecule has 1 unspecified atom stereocenters. The Morgan fingerprint density at radius 2 is 1.75 bits per heavy atom. The minimum absolute atomic E-state index is 0. The maximum Gasteiger partial charge on any atom is 1.00 e. The Bertz CT molecular complexity index is 672. The second-order valence-electron chi connectivity index (χ2n) is 4.35. The monoisotopic (exact) mass is 390 g/mol. The third-order valence-corrected chi connectivity index (χ3v) is 3.96. The molecule has 0 heterocycles. The fourth-order valence-electron chi connectivity index (χ4n) is 2.50. The normalized spacial score (nSPS) is 20.1. The van der Waals surface area contributed by atoms with Crippen LogP contribution in [-0.4, -0.2) is 11.3 Å². The fraction of sp³-hybridized carbons (Fsp3) is 0.143. The standard InChI is InChI=1S/C14H7BrF3O.Cu/c15-11-7-3-6-10-12(11)8-4-1-2-5-9(8)13(10,19)14(16,17)18;/h1-2,4-7,19H;/q-1;+1. The number of rotatable bonds is 0. The smallest absolute Gasteiger partial charge is 0.384 e. The molecule has 1 nitrogen and oxygen atoms in total. The first-order chi connectivity index (χ1) is 8.87. The average Bonchev–Trinajstić information content (AvgIpc) is 2.62. The molecular weight excluding hydrogens is 385 g/mol. The van der Waals surface area contributed by atoms with Gasteiger partial charge in [0, 0.05) is 0 Å². The van der Waals surface area contributed by atoms with Gasteiger partial charge in [-0.25, -0.2) is 0 Å². The maximum absolute atomic E-state index is 13.4. The number of fused-ring (bicyclic) bond motifs is 3. The van der Waals surface area contributed by atoms with E-state index >= 15 is 0 Å². The zero-order valence-corrected chi connectivity index (χ0v) is 12.3. The third-order valence-electron chi connectivity index (χ3n) is 3.33. The number of benzene rings is 2. The molecule has 0 fully saturated rings. The summed E-state index contributed by atoms with van der Waals surface area (Å²) in [5.41, 5.74) is -2.54. The van der Waals surface area contributed by atoms with E-state index in [1.165, 1.54) is 24.3 Å². The molecule has 2 aromatic carbocycles. The molecule has 1 atom stereocenters. The Morgan fingerprint density at radius 1 is 1.10 bits per heavy atom. The van der Waals surface area contributed by atoms with Gasteiger partial charge in [-0.2, -0.15) is 31.4 Å². The van der Waals surface area contributed by atoms with Crippen LogP contribution in [0, 0.1) is 6.07 Å². The molecule has 1 aliphatic rings. The van der Waals surface area contributed by atoms with Crippen molar-refractivity contribution in [1.29, 1.82) is 0 Å². The van der Waals surface area contributed by atoms with Crippen molar-refractivity contribution in [3.63, 3.8) is 0 Å². The van der Waals surface area contributed by atoms with Crippen LogP contribution in [-0.2, 0) is 22.7 Å². The van der Waals surface area contributed by atoms with E-state index < -0.39 is 11.8 Å². The third kappa shape index (κ3) is 1.86. The fourth-order valence-corrected chi connectivity index (χ4v) is 3.06. The minimum Gasteiger partial charge on any atom is -0.384 e. The molecule has 108 valence electrons. The predicted octanol–water partition coefficient (Wildman–Crippen LogP) is 4.03. The van der Waals surface area contributed by atoms with E-state index in [1.807, 2.05) is 0 Å². The number of halogens is 4. The Balaban J connectivity index is 0.00000147. The predicted molar refractivity (Wildman–Crippen MR) is 67.5 cm³/mol. The second-order valence-corrected chi connectivity index (χ2v) is 5.20. The molecule has 0 saturated heterocycles. The van der Waals surface area contributed by atoms with Crippen molar-refractivity contribution in [1.82, 2.24) is 0 Å². The second kappa shape index (κ2) is 4.88. The molecule has 0 aliphatic heterocycles. The van der Waals surface area contributed by atoms with Crippen LogP contribution in [0.4, 0.5) is 13.2 Å². The van der Waals surface area contributed by atoms with Crippen LogP contribution in [0.5, 0.6) is 0 Å². The summed E-state index contributed by atoms with van der Waals surface area (Å²) in [4.78, 5) is 0. The Labute approximate surface area is 132 Å². The van der Waals surface area contributed by atoms with Crippen molar-refractivity contribution >= 4 is 15.9 Å². The number of hydrogen-bond acceptors (Lipinski definition) is 1. The van der Waals surface area contributed by atoms with Crippen LogP contribution >= 0.6 is 15.9 Å². The molecule has 0 amide bonds. The van der Waals surface area contributed by atoms with E-state index in [2.05, 4.69) is 22.0 Å². The average molecular weight is 392 g/mol. The van der Waals surface area contributed by atoms with Crippen LogP contribution in [0.15, 0.2) is 40.9 Å². The van der Waals surface area contributed by atoms with Gasteiger partial charge in [0.05, 0.1) is 0 Å². The maximum atomic E-state index is 13.4. The summed E-state index contributed by atoms with van der Waals surface area (Å²) in [6.45, 7) is 0. The minimum atomic E-state index is -4.79. The topological polar surface area (TPSA) is 20.2 Å². The first-order valence-corrected chi connectivity index (χ1v) is 6.25. The summed E-state index contributed by atoms with van der Waals surface area (Å²) < 4.78 is 40.5. The zero-order valence-electron chi connectivity index (χ0n) is 9.72. The zero-order chi connectivity index (χ0) is 13.8. The molecule has 3 rings (SSSR count). The molecule has 1 aliphatic carbocycles. The molecule has 1 N–H and O–H groups in total. The van der Waals surface area contributed by atoms with Gasteiger partial charge in [-0.15, -0.1) is 27.1 Å². The van der Waals surface area contributed by atoms with E-state index in [9.17, 15) is 18.3 Å². The summed E-state index contributed by atoms with van der Waals surface area (Å²) in [7, 11) is 0. The van der Waals surface area contributed by atoms with Gasteiger partial charge < -0.3 is 5.11 Å². The van der Waals surface area contributed by atoms with Crippen LogP contribution in [0.1, 0.15) is 11.1 Å². The first-order valence-electron chi connectivity index (χ1n) is 5.46. The Hall–Kier alpha value is -0.811. The largest absolute Gasteiger partial charge is 1.00 e. The summed E-state index contributed by atoms with van der Waals surface area (Å²) in [6.07, 6.45) is -4.79. The van der Waals surface area contributed by atoms with E-state index in [-0.39, 0.29) is 28.2 Å². The molecule has 0 bridgehead atoms. The van der Waals surface area contributed by atoms with Gasteiger partial charge in [-0.05, 0) is 11.1 Å². The van der Waals surface area contributed by atoms with Gasteiger partial charge in [0.15, 0.2) is 5.60 Å². The quantitative estimate of drug-likeness (QED) is 0.531. The molecule has 0 spiro atoms. The van der Waals surface area contributed by atoms with Gasteiger partial charge >= 0.3 is 23.2 Å². The van der Waals surface area contributed by atoms with Crippen LogP contribution < -0.4 is 0 Å². The first kappa shape index (κ1) is 15.6. The van der Waals surface area contributed by atoms with Crippen molar-refractivity contribution in [3.05, 3.63) is 58.1 Å². The summed E-state index contributed by atoms with van der Waals surface area (Å²) in [5, 5.41) is 10.3. The number of aliphatic hydroxyl groups is 1. The van der Waals surface area contributed by atoms with Gasteiger partial charge in [-0.1, -0.05) is 28.7 Å². The SMILES string of the molecule is OC1(C(F)(F)F)c2ccccc2-c2c(Br)c[c-]cc21.[Cu+]. The summed E-state index contributed by atoms with van der Waals surface area (Å²) in [6, 6.07) is 11.3. The molecule has 0 aromatic heterocycles. The van der Waals surface area contributed by atoms with E-state index in [4.69, 9.17) is 0 Å². The van der Waals surface area contributed by atoms with Crippen molar-refractivity contribution in [3.8, 4) is 11.1 Å². The van der Waals surface area contributed by atoms with Gasteiger partial charge in [0.2, 0.25) is 0 Å². The van der Waals surface area contributed by atoms with Crippen molar-refractivity contribution in [2.45, 2.75) is 11.8 Å². The summed E-state index contributed by atoms with van der Waals surface area (Å²) in [5.74, 6) is 0. The number of hydrogen-bond donors (Lipinski definition) is 1. The van der Waals surface area contributed by atoms with Crippen molar-refractivity contribution in [2.75, 3.05) is 0 Å². The molecular formula is C14H7BrCuF3O. The van der Waals surface area contributed by atoms with Crippen LogP contribution in [0.25, 0.3) is 11.1 Å². The van der Waals surface area contributed by atoms with E-state index in [0.29, 0.717) is 15.6 Å². The van der Waals surface area contributed by atoms with Crippen LogP contribution in [0.3, 0.4) is 0 Å². The Morgan fingerprint density at radius 3 is 2.40 bits per heavy atom. The number of alkyl halides is 3.